The van der Waals surface area contributed by atoms with Crippen molar-refractivity contribution in [1.82, 2.24) is 0 Å². The molecule has 0 amide bonds. The molecule has 0 atom stereocenters. The lowest BCUT2D eigenvalue weighted by molar-refractivity contribution is 0.629. The Bertz CT molecular complexity index is 555. The number of benzene rings is 2. The van der Waals surface area contributed by atoms with Gasteiger partial charge in [0.2, 0.25) is 0 Å². The van der Waals surface area contributed by atoms with Gasteiger partial charge in [-0.25, -0.2) is 4.39 Å². The molecule has 0 spiro atoms. The molecule has 2 aromatic rings. The average molecular weight is 349 g/mol. The Morgan fingerprint density at radius 3 is 2.56 bits per heavy atom. The van der Waals surface area contributed by atoms with Crippen LogP contribution in [0.4, 0.5) is 10.1 Å². The van der Waals surface area contributed by atoms with E-state index < -0.39 is 0 Å². The zero-order valence-electron chi connectivity index (χ0n) is 9.18. The molecule has 1 N–H and O–H groups in total. The maximum atomic E-state index is 13.6. The second kappa shape index (κ2) is 5.91. The van der Waals surface area contributed by atoms with Crippen LogP contribution in [0.2, 0.25) is 10.0 Å². The summed E-state index contributed by atoms with van der Waals surface area (Å²) in [4.78, 5) is 0. The van der Waals surface area contributed by atoms with Crippen LogP contribution in [0.25, 0.3) is 0 Å². The molecule has 0 fully saturated rings. The van der Waals surface area contributed by atoms with Crippen LogP contribution in [0.15, 0.2) is 40.9 Å². The highest BCUT2D eigenvalue weighted by Gasteiger charge is 2.06. The smallest absolute Gasteiger partial charge is 0.147 e. The van der Waals surface area contributed by atoms with Crippen LogP contribution in [0.3, 0.4) is 0 Å². The van der Waals surface area contributed by atoms with E-state index in [4.69, 9.17) is 23.2 Å². The summed E-state index contributed by atoms with van der Waals surface area (Å²) in [5, 5.41) is 4.02. The normalized spacial score (nSPS) is 10.4. The Kier molecular flexibility index (Phi) is 4.49. The standard InChI is InChI=1S/C13H9BrCl2FN/c14-9-2-1-3-12(17)13(9)18-7-8-4-5-10(15)11(16)6-8/h1-6,18H,7H2. The highest BCUT2D eigenvalue weighted by atomic mass is 79.9. The van der Waals surface area contributed by atoms with E-state index in [-0.39, 0.29) is 5.82 Å². The fourth-order valence-electron chi connectivity index (χ4n) is 1.51. The lowest BCUT2D eigenvalue weighted by Crippen LogP contribution is -2.02. The van der Waals surface area contributed by atoms with E-state index in [0.717, 1.165) is 5.56 Å². The number of hydrogen-bond acceptors (Lipinski definition) is 1. The third-order valence-electron chi connectivity index (χ3n) is 2.42. The van der Waals surface area contributed by atoms with Crippen LogP contribution < -0.4 is 5.32 Å². The number of hydrogen-bond donors (Lipinski definition) is 1. The van der Waals surface area contributed by atoms with E-state index in [1.807, 2.05) is 6.07 Å². The largest absolute Gasteiger partial charge is 0.378 e. The van der Waals surface area contributed by atoms with Crippen LogP contribution >= 0.6 is 39.1 Å². The number of nitrogens with one attached hydrogen (secondary N) is 1. The number of anilines is 1. The van der Waals surface area contributed by atoms with Crippen LogP contribution in [-0.2, 0) is 6.54 Å². The zero-order chi connectivity index (χ0) is 13.1. The fourth-order valence-corrected chi connectivity index (χ4v) is 2.31. The summed E-state index contributed by atoms with van der Waals surface area (Å²) in [5.74, 6) is -0.301. The van der Waals surface area contributed by atoms with Crippen LogP contribution in [-0.4, -0.2) is 0 Å². The molecule has 0 unspecified atom stereocenters. The van der Waals surface area contributed by atoms with Gasteiger partial charge in [-0.1, -0.05) is 35.3 Å². The van der Waals surface area contributed by atoms with E-state index in [1.165, 1.54) is 6.07 Å². The Morgan fingerprint density at radius 2 is 1.89 bits per heavy atom. The van der Waals surface area contributed by atoms with Gasteiger partial charge in [0.1, 0.15) is 5.82 Å². The fraction of sp³-hybridized carbons (Fsp3) is 0.0769. The van der Waals surface area contributed by atoms with Gasteiger partial charge in [-0.3, -0.25) is 0 Å². The van der Waals surface area contributed by atoms with Gasteiger partial charge in [-0.05, 0) is 45.8 Å². The Balaban J connectivity index is 2.14. The maximum Gasteiger partial charge on any atom is 0.147 e. The minimum atomic E-state index is -0.301. The van der Waals surface area contributed by atoms with Gasteiger partial charge in [0.05, 0.1) is 15.7 Å². The molecule has 2 rings (SSSR count). The molecule has 0 saturated heterocycles. The third-order valence-corrected chi connectivity index (χ3v) is 3.82. The van der Waals surface area contributed by atoms with Crippen LogP contribution in [0.5, 0.6) is 0 Å². The first-order chi connectivity index (χ1) is 8.58. The lowest BCUT2D eigenvalue weighted by Gasteiger charge is -2.10. The summed E-state index contributed by atoms with van der Waals surface area (Å²) in [7, 11) is 0. The van der Waals surface area contributed by atoms with Crippen molar-refractivity contribution in [2.75, 3.05) is 5.32 Å². The lowest BCUT2D eigenvalue weighted by atomic mass is 10.2. The first kappa shape index (κ1) is 13.7. The zero-order valence-corrected chi connectivity index (χ0v) is 12.3. The first-order valence-corrected chi connectivity index (χ1v) is 6.74. The molecule has 0 bridgehead atoms. The van der Waals surface area contributed by atoms with Crippen molar-refractivity contribution >= 4 is 44.8 Å². The van der Waals surface area contributed by atoms with Crippen LogP contribution in [0, 0.1) is 5.82 Å². The van der Waals surface area contributed by atoms with Crippen molar-refractivity contribution in [1.29, 1.82) is 0 Å². The Hall–Kier alpha value is -0.770. The van der Waals surface area contributed by atoms with Gasteiger partial charge in [0.25, 0.3) is 0 Å². The van der Waals surface area contributed by atoms with E-state index in [0.29, 0.717) is 26.8 Å². The summed E-state index contributed by atoms with van der Waals surface area (Å²) in [6.45, 7) is 0.469. The molecule has 0 heterocycles. The SMILES string of the molecule is Fc1cccc(Br)c1NCc1ccc(Cl)c(Cl)c1. The molecule has 5 heteroatoms. The van der Waals surface area contributed by atoms with E-state index in [2.05, 4.69) is 21.2 Å². The van der Waals surface area contributed by atoms with Crippen molar-refractivity contribution in [2.24, 2.45) is 0 Å². The maximum absolute atomic E-state index is 13.6. The van der Waals surface area contributed by atoms with Crippen molar-refractivity contribution in [2.45, 2.75) is 6.54 Å². The molecular formula is C13H9BrCl2FN. The second-order valence-corrected chi connectivity index (χ2v) is 5.37. The highest BCUT2D eigenvalue weighted by molar-refractivity contribution is 9.10. The second-order valence-electron chi connectivity index (χ2n) is 3.70. The van der Waals surface area contributed by atoms with Gasteiger partial charge >= 0.3 is 0 Å². The molecule has 0 aliphatic carbocycles. The molecule has 2 aromatic carbocycles. The molecule has 94 valence electrons. The molecular weight excluding hydrogens is 340 g/mol. The van der Waals surface area contributed by atoms with Crippen molar-refractivity contribution in [3.63, 3.8) is 0 Å². The summed E-state index contributed by atoms with van der Waals surface area (Å²) >= 11 is 15.0. The Morgan fingerprint density at radius 1 is 1.11 bits per heavy atom. The molecule has 0 aliphatic rings. The van der Waals surface area contributed by atoms with E-state index in [1.54, 1.807) is 24.3 Å². The molecule has 18 heavy (non-hydrogen) atoms. The van der Waals surface area contributed by atoms with Gasteiger partial charge < -0.3 is 5.32 Å². The first-order valence-electron chi connectivity index (χ1n) is 5.20. The Labute approximate surface area is 123 Å². The third kappa shape index (κ3) is 3.16. The molecule has 0 radical (unpaired) electrons. The van der Waals surface area contributed by atoms with Gasteiger partial charge in [0.15, 0.2) is 0 Å². The van der Waals surface area contributed by atoms with Crippen LogP contribution in [0.1, 0.15) is 5.56 Å². The topological polar surface area (TPSA) is 12.0 Å². The monoisotopic (exact) mass is 347 g/mol. The summed E-state index contributed by atoms with van der Waals surface area (Å²) < 4.78 is 14.2. The molecule has 0 saturated carbocycles. The van der Waals surface area contributed by atoms with E-state index >= 15 is 0 Å². The minimum absolute atomic E-state index is 0.301. The number of halogens is 4. The quantitative estimate of drug-likeness (QED) is 0.771. The summed E-state index contributed by atoms with van der Waals surface area (Å²) in [5.41, 5.74) is 1.36. The van der Waals surface area contributed by atoms with Gasteiger partial charge in [-0.2, -0.15) is 0 Å². The molecule has 1 nitrogen and oxygen atoms in total. The van der Waals surface area contributed by atoms with E-state index in [9.17, 15) is 4.39 Å². The summed E-state index contributed by atoms with van der Waals surface area (Å²) in [6.07, 6.45) is 0. The van der Waals surface area contributed by atoms with Crippen molar-refractivity contribution in [3.8, 4) is 0 Å². The predicted molar refractivity (Wildman–Crippen MR) is 77.9 cm³/mol. The average Bonchev–Trinajstić information content (AvgIpc) is 2.33. The predicted octanol–water partition coefficient (Wildman–Crippen LogP) is 5.51. The minimum Gasteiger partial charge on any atom is -0.378 e. The summed E-state index contributed by atoms with van der Waals surface area (Å²) in [6, 6.07) is 10.1. The molecule has 0 aromatic heterocycles. The van der Waals surface area contributed by atoms with Crippen molar-refractivity contribution in [3.05, 3.63) is 62.3 Å². The number of rotatable bonds is 3. The van der Waals surface area contributed by atoms with Crippen molar-refractivity contribution < 1.29 is 4.39 Å². The van der Waals surface area contributed by atoms with Gasteiger partial charge in [0, 0.05) is 11.0 Å². The molecule has 0 aliphatic heterocycles. The number of para-hydroxylation sites is 1. The van der Waals surface area contributed by atoms with Gasteiger partial charge in [-0.15, -0.1) is 0 Å². The highest BCUT2D eigenvalue weighted by Crippen LogP contribution is 2.27.